The van der Waals surface area contributed by atoms with Crippen LogP contribution in [0.15, 0.2) is 36.8 Å². The minimum atomic E-state index is -0.495. The first-order valence-electron chi connectivity index (χ1n) is 7.84. The molecule has 1 aliphatic heterocycles. The first kappa shape index (κ1) is 15.3. The minimum Gasteiger partial charge on any atom is -0.458 e. The quantitative estimate of drug-likeness (QED) is 0.735. The van der Waals surface area contributed by atoms with E-state index < -0.39 is 5.82 Å². The van der Waals surface area contributed by atoms with Gasteiger partial charge >= 0.3 is 6.01 Å². The number of hydrogen-bond acceptors (Lipinski definition) is 5. The highest BCUT2D eigenvalue weighted by molar-refractivity contribution is 5.70. The Morgan fingerprint density at radius 2 is 2.04 bits per heavy atom. The van der Waals surface area contributed by atoms with Crippen LogP contribution in [-0.4, -0.2) is 25.9 Å². The Morgan fingerprint density at radius 1 is 1.24 bits per heavy atom. The Bertz CT molecular complexity index is 974. The highest BCUT2D eigenvalue weighted by atomic mass is 19.1. The molecule has 3 aromatic rings. The maximum atomic E-state index is 12.9. The molecule has 0 saturated heterocycles. The van der Waals surface area contributed by atoms with Gasteiger partial charge in [0.1, 0.15) is 6.10 Å². The van der Waals surface area contributed by atoms with Gasteiger partial charge in [0, 0.05) is 12.0 Å². The highest BCUT2D eigenvalue weighted by Gasteiger charge is 2.28. The molecule has 1 aliphatic rings. The van der Waals surface area contributed by atoms with Gasteiger partial charge in [-0.2, -0.15) is 10.4 Å². The van der Waals surface area contributed by atoms with Gasteiger partial charge in [-0.15, -0.1) is 0 Å². The maximum absolute atomic E-state index is 12.9. The van der Waals surface area contributed by atoms with Crippen molar-refractivity contribution in [2.45, 2.75) is 26.0 Å². The van der Waals surface area contributed by atoms with Gasteiger partial charge in [0.15, 0.2) is 5.82 Å². The van der Waals surface area contributed by atoms with Gasteiger partial charge in [0.25, 0.3) is 0 Å². The van der Waals surface area contributed by atoms with E-state index >= 15 is 0 Å². The second kappa shape index (κ2) is 5.98. The van der Waals surface area contributed by atoms with Crippen molar-refractivity contribution in [1.82, 2.24) is 19.7 Å². The molecule has 0 fully saturated rings. The summed E-state index contributed by atoms with van der Waals surface area (Å²) in [4.78, 5) is 7.67. The van der Waals surface area contributed by atoms with Gasteiger partial charge in [-0.1, -0.05) is 6.07 Å². The van der Waals surface area contributed by atoms with Crippen LogP contribution in [0, 0.1) is 24.1 Å². The van der Waals surface area contributed by atoms with Crippen molar-refractivity contribution in [2.75, 3.05) is 0 Å². The molecule has 2 aromatic heterocycles. The SMILES string of the molecule is Cc1cc(C#N)ccc1-c1cnn2c1C[C@H](Oc1ncc(F)cn1)C2. The fourth-order valence-electron chi connectivity index (χ4n) is 3.11. The number of ether oxygens (including phenoxy) is 1. The Hall–Kier alpha value is -3.27. The summed E-state index contributed by atoms with van der Waals surface area (Å²) in [5.74, 6) is -0.495. The third-order valence-electron chi connectivity index (χ3n) is 4.26. The Labute approximate surface area is 143 Å². The molecular formula is C18H14FN5O. The zero-order valence-electron chi connectivity index (χ0n) is 13.5. The predicted molar refractivity (Wildman–Crippen MR) is 87.2 cm³/mol. The summed E-state index contributed by atoms with van der Waals surface area (Å²) < 4.78 is 20.5. The molecule has 0 amide bonds. The van der Waals surface area contributed by atoms with Crippen LogP contribution in [0.2, 0.25) is 0 Å². The first-order chi connectivity index (χ1) is 12.1. The molecule has 0 bridgehead atoms. The molecule has 7 heteroatoms. The van der Waals surface area contributed by atoms with Gasteiger partial charge in [-0.25, -0.2) is 14.4 Å². The molecule has 4 rings (SSSR count). The smallest absolute Gasteiger partial charge is 0.316 e. The number of benzene rings is 1. The molecule has 0 unspecified atom stereocenters. The van der Waals surface area contributed by atoms with Crippen molar-refractivity contribution >= 4 is 0 Å². The van der Waals surface area contributed by atoms with E-state index in [9.17, 15) is 4.39 Å². The standard InChI is InChI=1S/C18H14FN5O/c1-11-4-12(6-20)2-3-15(11)16-9-23-24-10-14(5-17(16)24)25-18-21-7-13(19)8-22-18/h2-4,7-9,14H,5,10H2,1H3/t14-/m0/s1. The summed E-state index contributed by atoms with van der Waals surface area (Å²) in [5, 5.41) is 13.4. The number of nitriles is 1. The third kappa shape index (κ3) is 2.83. The zero-order chi connectivity index (χ0) is 17.4. The number of halogens is 1. The van der Waals surface area contributed by atoms with Gasteiger partial charge in [-0.05, 0) is 30.2 Å². The lowest BCUT2D eigenvalue weighted by atomic mass is 9.98. The van der Waals surface area contributed by atoms with Crippen LogP contribution in [0.25, 0.3) is 11.1 Å². The van der Waals surface area contributed by atoms with Crippen molar-refractivity contribution in [3.05, 3.63) is 59.4 Å². The van der Waals surface area contributed by atoms with E-state index in [1.807, 2.05) is 36.0 Å². The number of rotatable bonds is 3. The Kier molecular flexibility index (Phi) is 3.65. The van der Waals surface area contributed by atoms with Crippen LogP contribution in [0.4, 0.5) is 4.39 Å². The lowest BCUT2D eigenvalue weighted by Gasteiger charge is -2.10. The summed E-state index contributed by atoms with van der Waals surface area (Å²) in [6, 6.07) is 7.93. The Balaban J connectivity index is 1.57. The molecule has 0 N–H and O–H groups in total. The lowest BCUT2D eigenvalue weighted by Crippen LogP contribution is -2.19. The molecule has 0 aliphatic carbocycles. The topological polar surface area (TPSA) is 76.6 Å². The summed E-state index contributed by atoms with van der Waals surface area (Å²) in [6.45, 7) is 2.57. The zero-order valence-corrected chi connectivity index (χ0v) is 13.5. The van der Waals surface area contributed by atoms with E-state index in [0.29, 0.717) is 18.5 Å². The van der Waals surface area contributed by atoms with Gasteiger partial charge in [-0.3, -0.25) is 4.68 Å². The molecule has 6 nitrogen and oxygen atoms in total. The molecule has 3 heterocycles. The van der Waals surface area contributed by atoms with Crippen molar-refractivity contribution in [3.8, 4) is 23.2 Å². The van der Waals surface area contributed by atoms with E-state index in [1.165, 1.54) is 0 Å². The van der Waals surface area contributed by atoms with Crippen LogP contribution in [0.3, 0.4) is 0 Å². The molecule has 0 saturated carbocycles. The summed E-state index contributed by atoms with van der Waals surface area (Å²) in [5.41, 5.74) is 4.83. The van der Waals surface area contributed by atoms with E-state index in [-0.39, 0.29) is 12.1 Å². The molecule has 25 heavy (non-hydrogen) atoms. The summed E-state index contributed by atoms with van der Waals surface area (Å²) in [7, 11) is 0. The van der Waals surface area contributed by atoms with E-state index in [1.54, 1.807) is 0 Å². The molecule has 1 atom stereocenters. The minimum absolute atomic E-state index is 0.147. The molecule has 0 spiro atoms. The van der Waals surface area contributed by atoms with Gasteiger partial charge in [0.05, 0.1) is 42.5 Å². The number of aryl methyl sites for hydroxylation is 1. The first-order valence-corrected chi connectivity index (χ1v) is 7.84. The molecule has 0 radical (unpaired) electrons. The van der Waals surface area contributed by atoms with E-state index in [2.05, 4.69) is 21.1 Å². The van der Waals surface area contributed by atoms with Crippen LogP contribution >= 0.6 is 0 Å². The molecular weight excluding hydrogens is 321 g/mol. The van der Waals surface area contributed by atoms with Gasteiger partial charge < -0.3 is 4.74 Å². The normalized spacial score (nSPS) is 15.6. The second-order valence-corrected chi connectivity index (χ2v) is 5.96. The average molecular weight is 335 g/mol. The number of hydrogen-bond donors (Lipinski definition) is 0. The molecule has 1 aromatic carbocycles. The van der Waals surface area contributed by atoms with Crippen molar-refractivity contribution in [1.29, 1.82) is 5.26 Å². The van der Waals surface area contributed by atoms with E-state index in [4.69, 9.17) is 10.00 Å². The lowest BCUT2D eigenvalue weighted by molar-refractivity contribution is 0.181. The van der Waals surface area contributed by atoms with E-state index in [0.717, 1.165) is 34.8 Å². The fourth-order valence-corrected chi connectivity index (χ4v) is 3.11. The van der Waals surface area contributed by atoms with Crippen LogP contribution in [0.1, 0.15) is 16.8 Å². The van der Waals surface area contributed by atoms with Crippen molar-refractivity contribution in [3.63, 3.8) is 0 Å². The summed E-state index contributed by atoms with van der Waals surface area (Å²) >= 11 is 0. The van der Waals surface area contributed by atoms with Crippen LogP contribution in [0.5, 0.6) is 6.01 Å². The van der Waals surface area contributed by atoms with Gasteiger partial charge in [0.2, 0.25) is 0 Å². The van der Waals surface area contributed by atoms with Crippen LogP contribution < -0.4 is 4.74 Å². The largest absolute Gasteiger partial charge is 0.458 e. The monoisotopic (exact) mass is 335 g/mol. The molecule has 124 valence electrons. The van der Waals surface area contributed by atoms with Crippen molar-refractivity contribution < 1.29 is 9.13 Å². The highest BCUT2D eigenvalue weighted by Crippen LogP contribution is 2.31. The number of aromatic nitrogens is 4. The van der Waals surface area contributed by atoms with Crippen LogP contribution in [-0.2, 0) is 13.0 Å². The number of fused-ring (bicyclic) bond motifs is 1. The third-order valence-corrected chi connectivity index (χ3v) is 4.26. The summed E-state index contributed by atoms with van der Waals surface area (Å²) in [6.07, 6.45) is 4.53. The fraction of sp³-hybridized carbons (Fsp3) is 0.222. The number of nitrogens with zero attached hydrogens (tertiary/aromatic N) is 5. The maximum Gasteiger partial charge on any atom is 0.316 e. The average Bonchev–Trinajstić information content (AvgIpc) is 3.17. The van der Waals surface area contributed by atoms with Crippen molar-refractivity contribution in [2.24, 2.45) is 0 Å². The Morgan fingerprint density at radius 3 is 2.76 bits per heavy atom. The second-order valence-electron chi connectivity index (χ2n) is 5.96. The predicted octanol–water partition coefficient (Wildman–Crippen LogP) is 2.66.